The van der Waals surface area contributed by atoms with E-state index in [9.17, 15) is 13.2 Å². The minimum Gasteiger partial charge on any atom is -0.492 e. The van der Waals surface area contributed by atoms with Crippen molar-refractivity contribution in [2.24, 2.45) is 5.73 Å². The van der Waals surface area contributed by atoms with Crippen molar-refractivity contribution in [1.82, 2.24) is 5.32 Å². The van der Waals surface area contributed by atoms with E-state index in [1.807, 2.05) is 44.4 Å². The van der Waals surface area contributed by atoms with Gasteiger partial charge in [-0.15, -0.1) is 11.3 Å². The van der Waals surface area contributed by atoms with Crippen molar-refractivity contribution >= 4 is 27.2 Å². The fourth-order valence-corrected chi connectivity index (χ4v) is 4.59. The maximum atomic E-state index is 12.7. The molecule has 0 bridgehead atoms. The van der Waals surface area contributed by atoms with Gasteiger partial charge in [-0.05, 0) is 35.6 Å². The largest absolute Gasteiger partial charge is 0.492 e. The van der Waals surface area contributed by atoms with Gasteiger partial charge in [-0.25, -0.2) is 13.2 Å². The number of carbonyl (C=O) groups is 1. The summed E-state index contributed by atoms with van der Waals surface area (Å²) in [6.45, 7) is 6.42. The highest BCUT2D eigenvalue weighted by Gasteiger charge is 2.28. The molecule has 0 radical (unpaired) electrons. The second-order valence-electron chi connectivity index (χ2n) is 6.41. The molecular weight excluding hydrogens is 372 g/mol. The Hall–Kier alpha value is -2.06. The van der Waals surface area contributed by atoms with E-state index in [-0.39, 0.29) is 16.1 Å². The smallest absolute Gasteiger partial charge is 0.313 e. The van der Waals surface area contributed by atoms with Crippen LogP contribution >= 0.6 is 11.3 Å². The van der Waals surface area contributed by atoms with Crippen LogP contribution in [0.4, 0.5) is 4.79 Å². The van der Waals surface area contributed by atoms with Crippen molar-refractivity contribution < 1.29 is 17.9 Å². The van der Waals surface area contributed by atoms with E-state index in [2.05, 4.69) is 5.32 Å². The van der Waals surface area contributed by atoms with Crippen LogP contribution in [0.15, 0.2) is 40.6 Å². The first-order chi connectivity index (χ1) is 12.2. The van der Waals surface area contributed by atoms with Gasteiger partial charge >= 0.3 is 6.03 Å². The summed E-state index contributed by atoms with van der Waals surface area (Å²) < 4.78 is 31.1. The zero-order valence-electron chi connectivity index (χ0n) is 15.1. The first-order valence-electron chi connectivity index (χ1n) is 8.26. The number of ether oxygens (including phenoxy) is 1. The predicted molar refractivity (Wildman–Crippen MR) is 103 cm³/mol. The molecule has 0 aliphatic rings. The molecule has 3 N–H and O–H groups in total. The molecule has 2 amide bonds. The van der Waals surface area contributed by atoms with E-state index < -0.39 is 21.7 Å². The molecule has 0 fully saturated rings. The normalized spacial score (nSPS) is 12.0. The highest BCUT2D eigenvalue weighted by atomic mass is 32.2. The van der Waals surface area contributed by atoms with Crippen LogP contribution in [0.1, 0.15) is 37.6 Å². The van der Waals surface area contributed by atoms with Crippen molar-refractivity contribution in [2.45, 2.75) is 37.5 Å². The molecule has 0 unspecified atom stereocenters. The first kappa shape index (κ1) is 20.3. The van der Waals surface area contributed by atoms with E-state index in [0.717, 1.165) is 16.9 Å². The van der Waals surface area contributed by atoms with Crippen LogP contribution in [-0.2, 0) is 15.3 Å². The van der Waals surface area contributed by atoms with Crippen molar-refractivity contribution in [1.29, 1.82) is 0 Å². The van der Waals surface area contributed by atoms with Crippen LogP contribution in [-0.4, -0.2) is 26.9 Å². The standard InChI is InChI=1S/C18H24N2O4S2/c1-4-9-24-14-8-7-13(18(2,3)16-6-5-10-25-16)11-15(14)26(22,23)12-20-17(19)21/h5-8,10-11H,4,9,12H2,1-3H3,(H3,19,20,21). The molecule has 142 valence electrons. The number of thiophene rings is 1. The molecule has 1 heterocycles. The molecule has 6 nitrogen and oxygen atoms in total. The Bertz CT molecular complexity index is 859. The molecule has 26 heavy (non-hydrogen) atoms. The first-order valence-corrected chi connectivity index (χ1v) is 10.8. The second-order valence-corrected chi connectivity index (χ2v) is 9.32. The van der Waals surface area contributed by atoms with Crippen LogP contribution in [0.2, 0.25) is 0 Å². The summed E-state index contributed by atoms with van der Waals surface area (Å²) in [6, 6.07) is 8.29. The zero-order valence-corrected chi connectivity index (χ0v) is 16.7. The third-order valence-electron chi connectivity index (χ3n) is 4.04. The molecule has 0 atom stereocenters. The summed E-state index contributed by atoms with van der Waals surface area (Å²) in [6.07, 6.45) is 0.751. The highest BCUT2D eigenvalue weighted by molar-refractivity contribution is 7.91. The fraction of sp³-hybridized carbons (Fsp3) is 0.389. The number of hydrogen-bond donors (Lipinski definition) is 2. The number of urea groups is 1. The monoisotopic (exact) mass is 396 g/mol. The molecule has 8 heteroatoms. The minimum atomic E-state index is -3.80. The molecule has 0 saturated heterocycles. The average molecular weight is 397 g/mol. The number of amides is 2. The number of hydrogen-bond acceptors (Lipinski definition) is 5. The van der Waals surface area contributed by atoms with Crippen LogP contribution in [0, 0.1) is 0 Å². The SMILES string of the molecule is CCCOc1ccc(C(C)(C)c2cccs2)cc1S(=O)(=O)CNC(N)=O. The van der Waals surface area contributed by atoms with Gasteiger partial charge in [-0.3, -0.25) is 0 Å². The van der Waals surface area contributed by atoms with Crippen LogP contribution in [0.3, 0.4) is 0 Å². The number of nitrogens with two attached hydrogens (primary N) is 1. The zero-order chi connectivity index (χ0) is 19.4. The molecule has 2 aromatic rings. The van der Waals surface area contributed by atoms with Gasteiger partial charge in [0.15, 0.2) is 9.84 Å². The Morgan fingerprint density at radius 1 is 1.31 bits per heavy atom. The van der Waals surface area contributed by atoms with Crippen molar-refractivity contribution in [3.8, 4) is 5.75 Å². The molecule has 1 aromatic heterocycles. The lowest BCUT2D eigenvalue weighted by atomic mass is 9.83. The highest BCUT2D eigenvalue weighted by Crippen LogP contribution is 2.37. The maximum absolute atomic E-state index is 12.7. The van der Waals surface area contributed by atoms with E-state index in [0.29, 0.717) is 6.61 Å². The van der Waals surface area contributed by atoms with E-state index in [4.69, 9.17) is 10.5 Å². The lowest BCUT2D eigenvalue weighted by Crippen LogP contribution is -2.34. The second kappa shape index (κ2) is 8.09. The Labute approximate surface area is 158 Å². The number of rotatable bonds is 8. The Balaban J connectivity index is 2.50. The van der Waals surface area contributed by atoms with Gasteiger partial charge in [-0.2, -0.15) is 0 Å². The third-order valence-corrected chi connectivity index (χ3v) is 6.74. The number of nitrogens with one attached hydrogen (secondary N) is 1. The van der Waals surface area contributed by atoms with Crippen LogP contribution < -0.4 is 15.8 Å². The van der Waals surface area contributed by atoms with Gasteiger partial charge in [0.05, 0.1) is 6.61 Å². The lowest BCUT2D eigenvalue weighted by molar-refractivity contribution is 0.250. The van der Waals surface area contributed by atoms with Gasteiger partial charge in [-0.1, -0.05) is 32.9 Å². The van der Waals surface area contributed by atoms with E-state index in [1.54, 1.807) is 23.5 Å². The van der Waals surface area contributed by atoms with E-state index in [1.165, 1.54) is 0 Å². The molecule has 0 aliphatic carbocycles. The number of primary amides is 1. The predicted octanol–water partition coefficient (Wildman–Crippen LogP) is 3.26. The van der Waals surface area contributed by atoms with Gasteiger partial charge in [0.1, 0.15) is 16.5 Å². The summed E-state index contributed by atoms with van der Waals surface area (Å²) in [5.74, 6) is -0.294. The summed E-state index contributed by atoms with van der Waals surface area (Å²) >= 11 is 1.62. The summed E-state index contributed by atoms with van der Waals surface area (Å²) in [5, 5.41) is 4.14. The Morgan fingerprint density at radius 3 is 2.62 bits per heavy atom. The van der Waals surface area contributed by atoms with Gasteiger partial charge in [0, 0.05) is 10.3 Å². The third kappa shape index (κ3) is 4.56. The Morgan fingerprint density at radius 2 is 2.04 bits per heavy atom. The minimum absolute atomic E-state index is 0.0573. The summed E-state index contributed by atoms with van der Waals surface area (Å²) in [7, 11) is -3.80. The fourth-order valence-electron chi connectivity index (χ4n) is 2.49. The summed E-state index contributed by atoms with van der Waals surface area (Å²) in [5.41, 5.74) is 5.50. The van der Waals surface area contributed by atoms with Gasteiger partial charge < -0.3 is 15.8 Å². The molecule has 0 saturated carbocycles. The van der Waals surface area contributed by atoms with Gasteiger partial charge in [0.25, 0.3) is 0 Å². The molecule has 1 aromatic carbocycles. The lowest BCUT2D eigenvalue weighted by Gasteiger charge is -2.25. The molecule has 0 aliphatic heterocycles. The number of benzene rings is 1. The topological polar surface area (TPSA) is 98.5 Å². The number of carbonyl (C=O) groups excluding carboxylic acids is 1. The molecule has 0 spiro atoms. The molecule has 2 rings (SSSR count). The summed E-state index contributed by atoms with van der Waals surface area (Å²) in [4.78, 5) is 12.1. The molecular formula is C18H24N2O4S2. The van der Waals surface area contributed by atoms with Gasteiger partial charge in [0.2, 0.25) is 0 Å². The Kier molecular flexibility index (Phi) is 6.30. The van der Waals surface area contributed by atoms with Crippen molar-refractivity contribution in [3.63, 3.8) is 0 Å². The van der Waals surface area contributed by atoms with Crippen molar-refractivity contribution in [2.75, 3.05) is 12.5 Å². The number of sulfone groups is 1. The van der Waals surface area contributed by atoms with Crippen molar-refractivity contribution in [3.05, 3.63) is 46.2 Å². The van der Waals surface area contributed by atoms with Crippen LogP contribution in [0.25, 0.3) is 0 Å². The quantitative estimate of drug-likeness (QED) is 0.715. The maximum Gasteiger partial charge on any atom is 0.313 e. The van der Waals surface area contributed by atoms with Crippen LogP contribution in [0.5, 0.6) is 5.75 Å². The average Bonchev–Trinajstić information content (AvgIpc) is 3.13. The van der Waals surface area contributed by atoms with E-state index >= 15 is 0 Å².